The van der Waals surface area contributed by atoms with Gasteiger partial charge in [0.1, 0.15) is 5.69 Å². The highest BCUT2D eigenvalue weighted by Crippen LogP contribution is 2.21. The van der Waals surface area contributed by atoms with Gasteiger partial charge in [-0.15, -0.1) is 0 Å². The average molecular weight is 275 g/mol. The van der Waals surface area contributed by atoms with Crippen LogP contribution in [0, 0.1) is 11.8 Å². The van der Waals surface area contributed by atoms with Crippen molar-refractivity contribution in [3.63, 3.8) is 0 Å². The Balaban J connectivity index is 1.96. The molecule has 20 heavy (non-hydrogen) atoms. The Hall–Kier alpha value is -1.82. The van der Waals surface area contributed by atoms with Gasteiger partial charge in [-0.25, -0.2) is 4.98 Å². The fourth-order valence-corrected chi connectivity index (χ4v) is 2.21. The first-order valence-electron chi connectivity index (χ1n) is 6.99. The third-order valence-corrected chi connectivity index (χ3v) is 3.47. The van der Waals surface area contributed by atoms with Crippen molar-refractivity contribution in [3.8, 4) is 11.5 Å². The molecule has 6 nitrogen and oxygen atoms in total. The summed E-state index contributed by atoms with van der Waals surface area (Å²) in [4.78, 5) is 12.5. The second-order valence-electron chi connectivity index (χ2n) is 5.22. The molecule has 0 aliphatic rings. The highest BCUT2D eigenvalue weighted by molar-refractivity contribution is 5.45. The fourth-order valence-electron chi connectivity index (χ4n) is 2.21. The van der Waals surface area contributed by atoms with Gasteiger partial charge in [0.25, 0.3) is 0 Å². The molecule has 6 heteroatoms. The lowest BCUT2D eigenvalue weighted by Gasteiger charge is -2.18. The van der Waals surface area contributed by atoms with Crippen molar-refractivity contribution in [2.75, 3.05) is 6.54 Å². The largest absolute Gasteiger partial charge is 0.339 e. The number of aromatic nitrogens is 4. The molecule has 0 aliphatic carbocycles. The molecule has 0 saturated carbocycles. The Kier molecular flexibility index (Phi) is 5.17. The molecule has 0 spiro atoms. The average Bonchev–Trinajstić information content (AvgIpc) is 2.93. The minimum absolute atomic E-state index is 0.494. The molecule has 0 amide bonds. The smallest absolute Gasteiger partial charge is 0.227 e. The van der Waals surface area contributed by atoms with E-state index in [2.05, 4.69) is 34.0 Å². The summed E-state index contributed by atoms with van der Waals surface area (Å²) in [7, 11) is 0. The molecule has 0 fully saturated rings. The van der Waals surface area contributed by atoms with Crippen molar-refractivity contribution in [1.29, 1.82) is 0 Å². The van der Waals surface area contributed by atoms with Crippen molar-refractivity contribution >= 4 is 0 Å². The van der Waals surface area contributed by atoms with Crippen LogP contribution in [0.5, 0.6) is 0 Å². The van der Waals surface area contributed by atoms with Gasteiger partial charge in [0.2, 0.25) is 11.7 Å². The summed E-state index contributed by atoms with van der Waals surface area (Å²) in [5.74, 6) is 2.34. The van der Waals surface area contributed by atoms with Gasteiger partial charge in [0.05, 0.1) is 6.20 Å². The predicted octanol–water partition coefficient (Wildman–Crippen LogP) is 2.08. The van der Waals surface area contributed by atoms with Gasteiger partial charge < -0.3 is 10.3 Å². The quantitative estimate of drug-likeness (QED) is 0.832. The first-order valence-corrected chi connectivity index (χ1v) is 6.99. The zero-order chi connectivity index (χ0) is 14.4. The molecule has 2 aromatic heterocycles. The summed E-state index contributed by atoms with van der Waals surface area (Å²) in [6, 6.07) is 0. The normalized spacial score (nSPS) is 12.8. The van der Waals surface area contributed by atoms with Gasteiger partial charge in [-0.1, -0.05) is 19.0 Å². The van der Waals surface area contributed by atoms with Crippen LogP contribution < -0.4 is 5.73 Å². The molecule has 0 bridgehead atoms. The van der Waals surface area contributed by atoms with Crippen molar-refractivity contribution in [2.24, 2.45) is 17.6 Å². The van der Waals surface area contributed by atoms with E-state index >= 15 is 0 Å². The number of nitrogens with two attached hydrogens (primary N) is 1. The Morgan fingerprint density at radius 2 is 2.10 bits per heavy atom. The van der Waals surface area contributed by atoms with Crippen LogP contribution in [0.1, 0.15) is 32.6 Å². The van der Waals surface area contributed by atoms with Crippen LogP contribution in [0.2, 0.25) is 0 Å². The van der Waals surface area contributed by atoms with E-state index in [0.29, 0.717) is 29.2 Å². The van der Waals surface area contributed by atoms with Crippen LogP contribution in [0.4, 0.5) is 0 Å². The van der Waals surface area contributed by atoms with E-state index in [-0.39, 0.29) is 0 Å². The second-order valence-corrected chi connectivity index (χ2v) is 5.22. The van der Waals surface area contributed by atoms with Crippen molar-refractivity contribution in [1.82, 2.24) is 20.1 Å². The van der Waals surface area contributed by atoms with E-state index in [1.54, 1.807) is 18.6 Å². The second kappa shape index (κ2) is 7.09. The van der Waals surface area contributed by atoms with Gasteiger partial charge in [-0.05, 0) is 31.2 Å². The maximum Gasteiger partial charge on any atom is 0.227 e. The van der Waals surface area contributed by atoms with Gasteiger partial charge >= 0.3 is 0 Å². The van der Waals surface area contributed by atoms with E-state index in [4.69, 9.17) is 10.3 Å². The minimum atomic E-state index is 0.494. The van der Waals surface area contributed by atoms with Crippen LogP contribution >= 0.6 is 0 Å². The highest BCUT2D eigenvalue weighted by atomic mass is 16.5. The third kappa shape index (κ3) is 3.84. The molecule has 0 radical (unpaired) electrons. The molecule has 2 aromatic rings. The molecule has 2 N–H and O–H groups in total. The molecule has 108 valence electrons. The van der Waals surface area contributed by atoms with Crippen molar-refractivity contribution < 1.29 is 4.52 Å². The predicted molar refractivity (Wildman–Crippen MR) is 75.6 cm³/mol. The number of hydrogen-bond acceptors (Lipinski definition) is 6. The lowest BCUT2D eigenvalue weighted by Crippen LogP contribution is -2.15. The molecule has 0 aliphatic heterocycles. The molecule has 2 heterocycles. The first kappa shape index (κ1) is 14.6. The molecular formula is C14H21N5O. The maximum absolute atomic E-state index is 5.65. The zero-order valence-electron chi connectivity index (χ0n) is 12.0. The van der Waals surface area contributed by atoms with Gasteiger partial charge in [-0.2, -0.15) is 4.98 Å². The fraction of sp³-hybridized carbons (Fsp3) is 0.571. The van der Waals surface area contributed by atoms with Crippen LogP contribution in [-0.2, 0) is 6.42 Å². The Bertz CT molecular complexity index is 511. The topological polar surface area (TPSA) is 90.7 Å². The molecule has 1 atom stereocenters. The summed E-state index contributed by atoms with van der Waals surface area (Å²) in [5.41, 5.74) is 6.28. The van der Waals surface area contributed by atoms with Crippen LogP contribution in [0.3, 0.4) is 0 Å². The summed E-state index contributed by atoms with van der Waals surface area (Å²) < 4.78 is 5.27. The SMILES string of the molecule is CC(C)C(CCN)CCc1nc(-c2cnccn2)no1. The number of nitrogens with zero attached hydrogens (tertiary/aromatic N) is 4. The van der Waals surface area contributed by atoms with Crippen molar-refractivity contribution in [2.45, 2.75) is 33.1 Å². The van der Waals surface area contributed by atoms with E-state index in [1.165, 1.54) is 0 Å². The maximum atomic E-state index is 5.65. The van der Waals surface area contributed by atoms with E-state index in [0.717, 1.165) is 25.8 Å². The Labute approximate surface area is 118 Å². The van der Waals surface area contributed by atoms with Gasteiger partial charge in [-0.3, -0.25) is 4.98 Å². The molecule has 0 saturated heterocycles. The lowest BCUT2D eigenvalue weighted by atomic mass is 9.88. The summed E-state index contributed by atoms with van der Waals surface area (Å²) >= 11 is 0. The highest BCUT2D eigenvalue weighted by Gasteiger charge is 2.15. The third-order valence-electron chi connectivity index (χ3n) is 3.47. The van der Waals surface area contributed by atoms with E-state index < -0.39 is 0 Å². The minimum Gasteiger partial charge on any atom is -0.339 e. The van der Waals surface area contributed by atoms with Crippen LogP contribution in [0.25, 0.3) is 11.5 Å². The van der Waals surface area contributed by atoms with E-state index in [1.807, 2.05) is 0 Å². The summed E-state index contributed by atoms with van der Waals surface area (Å²) in [6.45, 7) is 5.16. The Morgan fingerprint density at radius 1 is 1.25 bits per heavy atom. The van der Waals surface area contributed by atoms with Crippen molar-refractivity contribution in [3.05, 3.63) is 24.5 Å². The van der Waals surface area contributed by atoms with Crippen LogP contribution in [-0.4, -0.2) is 26.7 Å². The molecule has 0 aromatic carbocycles. The Morgan fingerprint density at radius 3 is 2.75 bits per heavy atom. The number of hydrogen-bond donors (Lipinski definition) is 1. The molecule has 2 rings (SSSR count). The number of rotatable bonds is 7. The molecular weight excluding hydrogens is 254 g/mol. The molecule has 1 unspecified atom stereocenters. The summed E-state index contributed by atoms with van der Waals surface area (Å²) in [6.07, 6.45) is 7.67. The van der Waals surface area contributed by atoms with Gasteiger partial charge in [0.15, 0.2) is 0 Å². The first-order chi connectivity index (χ1) is 9.70. The summed E-state index contributed by atoms with van der Waals surface area (Å²) in [5, 5.41) is 3.94. The lowest BCUT2D eigenvalue weighted by molar-refractivity contribution is 0.313. The standard InChI is InChI=1S/C14H21N5O/c1-10(2)11(5-6-15)3-4-13-18-14(19-20-13)12-9-16-7-8-17-12/h7-11H,3-6,15H2,1-2H3. The zero-order valence-corrected chi connectivity index (χ0v) is 12.0. The van der Waals surface area contributed by atoms with E-state index in [9.17, 15) is 0 Å². The van der Waals surface area contributed by atoms with Gasteiger partial charge in [0, 0.05) is 18.8 Å². The number of aryl methyl sites for hydroxylation is 1. The van der Waals surface area contributed by atoms with Crippen LogP contribution in [0.15, 0.2) is 23.1 Å². The monoisotopic (exact) mass is 275 g/mol.